The van der Waals surface area contributed by atoms with Crippen molar-refractivity contribution >= 4 is 28.8 Å². The highest BCUT2D eigenvalue weighted by Crippen LogP contribution is 2.38. The van der Waals surface area contributed by atoms with Crippen molar-refractivity contribution in [3.8, 4) is 11.4 Å². The molecule has 0 saturated heterocycles. The quantitative estimate of drug-likeness (QED) is 0.408. The van der Waals surface area contributed by atoms with Crippen molar-refractivity contribution in [1.82, 2.24) is 15.0 Å². The molecule has 0 saturated carbocycles. The predicted molar refractivity (Wildman–Crippen MR) is 121 cm³/mol. The molecule has 0 aliphatic heterocycles. The number of hydrogen-bond donors (Lipinski definition) is 2. The number of phenols is 1. The van der Waals surface area contributed by atoms with Crippen LogP contribution < -0.4 is 0 Å². The van der Waals surface area contributed by atoms with Gasteiger partial charge in [-0.2, -0.15) is 0 Å². The molecule has 4 aromatic rings. The van der Waals surface area contributed by atoms with Crippen molar-refractivity contribution in [3.63, 3.8) is 0 Å². The average molecular weight is 434 g/mol. The van der Waals surface area contributed by atoms with Gasteiger partial charge in [0.05, 0.1) is 5.56 Å². The number of rotatable bonds is 6. The second kappa shape index (κ2) is 8.07. The fourth-order valence-corrected chi connectivity index (χ4v) is 4.16. The van der Waals surface area contributed by atoms with Crippen molar-refractivity contribution in [2.75, 3.05) is 0 Å². The monoisotopic (exact) mass is 433 g/mol. The molecule has 2 N–H and O–H groups in total. The largest absolute Gasteiger partial charge is 0.505 e. The lowest BCUT2D eigenvalue weighted by molar-refractivity contribution is 0.0696. The van der Waals surface area contributed by atoms with Gasteiger partial charge in [-0.1, -0.05) is 50.7 Å². The van der Waals surface area contributed by atoms with Crippen LogP contribution in [-0.4, -0.2) is 31.2 Å². The third-order valence-electron chi connectivity index (χ3n) is 5.50. The molecule has 0 amide bonds. The number of nitrogens with zero attached hydrogens (tertiary/aromatic N) is 3. The number of aromatic carboxylic acids is 1. The van der Waals surface area contributed by atoms with E-state index in [-0.39, 0.29) is 17.0 Å². The minimum absolute atomic E-state index is 0.00367. The number of aromatic hydroxyl groups is 1. The van der Waals surface area contributed by atoms with Gasteiger partial charge < -0.3 is 10.2 Å². The van der Waals surface area contributed by atoms with Crippen LogP contribution in [0.3, 0.4) is 0 Å². The van der Waals surface area contributed by atoms with E-state index in [1.807, 2.05) is 69.3 Å². The fourth-order valence-electron chi connectivity index (χ4n) is 3.29. The van der Waals surface area contributed by atoms with Crippen LogP contribution in [0.2, 0.25) is 0 Å². The smallest absolute Gasteiger partial charge is 0.335 e. The van der Waals surface area contributed by atoms with Gasteiger partial charge in [0.1, 0.15) is 22.5 Å². The molecule has 0 radical (unpaired) electrons. The first kappa shape index (κ1) is 20.9. The minimum Gasteiger partial charge on any atom is -0.505 e. The van der Waals surface area contributed by atoms with Gasteiger partial charge >= 0.3 is 5.97 Å². The summed E-state index contributed by atoms with van der Waals surface area (Å²) in [5, 5.41) is 29.6. The summed E-state index contributed by atoms with van der Waals surface area (Å²) in [6.07, 6.45) is 0.734. The van der Waals surface area contributed by atoms with Crippen LogP contribution in [0.1, 0.15) is 43.1 Å². The van der Waals surface area contributed by atoms with Gasteiger partial charge in [0.25, 0.3) is 0 Å². The fraction of sp³-hybridized carbons (Fsp3) is 0.208. The Hall–Kier alpha value is -3.32. The summed E-state index contributed by atoms with van der Waals surface area (Å²) < 4.78 is 0. The molecule has 4 rings (SSSR count). The topological polar surface area (TPSA) is 88.2 Å². The van der Waals surface area contributed by atoms with E-state index in [2.05, 4.69) is 10.2 Å². The van der Waals surface area contributed by atoms with Gasteiger partial charge in [0.15, 0.2) is 0 Å². The van der Waals surface area contributed by atoms with Gasteiger partial charge in [-0.25, -0.2) is 4.79 Å². The number of phenolic OH excluding ortho intramolecular Hbond substituents is 1. The van der Waals surface area contributed by atoms with Crippen LogP contribution in [0.25, 0.3) is 16.7 Å². The molecule has 6 nitrogen and oxygen atoms in total. The summed E-state index contributed by atoms with van der Waals surface area (Å²) in [6, 6.07) is 18.8. The number of carboxylic acids is 1. The number of aromatic nitrogens is 3. The molecule has 0 aliphatic rings. The zero-order chi connectivity index (χ0) is 22.2. The Kier molecular flexibility index (Phi) is 5.45. The molecule has 1 heterocycles. The highest BCUT2D eigenvalue weighted by atomic mass is 32.2. The summed E-state index contributed by atoms with van der Waals surface area (Å²) >= 11 is 1.62. The molecule has 0 unspecified atom stereocenters. The lowest BCUT2D eigenvalue weighted by Gasteiger charge is -2.25. The maximum absolute atomic E-state index is 11.7. The highest BCUT2D eigenvalue weighted by molar-refractivity contribution is 7.99. The summed E-state index contributed by atoms with van der Waals surface area (Å²) in [5.41, 5.74) is 1.82. The Morgan fingerprint density at radius 1 is 1.00 bits per heavy atom. The molecule has 0 aliphatic carbocycles. The van der Waals surface area contributed by atoms with E-state index < -0.39 is 11.4 Å². The summed E-state index contributed by atoms with van der Waals surface area (Å²) in [6.45, 7) is 5.94. The Balaban J connectivity index is 1.80. The van der Waals surface area contributed by atoms with Crippen molar-refractivity contribution < 1.29 is 15.0 Å². The Bertz CT molecular complexity index is 1270. The van der Waals surface area contributed by atoms with E-state index in [0.717, 1.165) is 16.2 Å². The molecule has 158 valence electrons. The lowest BCUT2D eigenvalue weighted by atomic mass is 9.80. The second-order valence-corrected chi connectivity index (χ2v) is 9.14. The third-order valence-corrected chi connectivity index (χ3v) is 6.49. The maximum Gasteiger partial charge on any atom is 0.335 e. The molecule has 0 atom stereocenters. The van der Waals surface area contributed by atoms with Crippen molar-refractivity contribution in [2.45, 2.75) is 42.4 Å². The van der Waals surface area contributed by atoms with Gasteiger partial charge in [0, 0.05) is 15.4 Å². The first-order valence-electron chi connectivity index (χ1n) is 9.99. The van der Waals surface area contributed by atoms with Gasteiger partial charge in [-0.3, -0.25) is 0 Å². The molecular weight excluding hydrogens is 410 g/mol. The van der Waals surface area contributed by atoms with Crippen molar-refractivity contribution in [3.05, 3.63) is 71.8 Å². The normalized spacial score (nSPS) is 11.7. The lowest BCUT2D eigenvalue weighted by Crippen LogP contribution is -2.18. The number of hydrogen-bond acceptors (Lipinski definition) is 5. The second-order valence-electron chi connectivity index (χ2n) is 7.99. The minimum atomic E-state index is -1.06. The first-order valence-corrected chi connectivity index (χ1v) is 10.8. The molecular formula is C24H23N3O3S. The summed E-state index contributed by atoms with van der Waals surface area (Å²) in [7, 11) is 0. The first-order chi connectivity index (χ1) is 14.8. The molecule has 0 bridgehead atoms. The van der Waals surface area contributed by atoms with Crippen LogP contribution >= 0.6 is 11.8 Å². The van der Waals surface area contributed by atoms with E-state index >= 15 is 0 Å². The van der Waals surface area contributed by atoms with Crippen molar-refractivity contribution in [1.29, 1.82) is 0 Å². The van der Waals surface area contributed by atoms with Gasteiger partial charge in [-0.15, -0.1) is 15.0 Å². The number of benzene rings is 3. The van der Waals surface area contributed by atoms with Crippen molar-refractivity contribution in [2.24, 2.45) is 0 Å². The maximum atomic E-state index is 11.7. The molecule has 7 heteroatoms. The molecule has 3 aromatic carbocycles. The van der Waals surface area contributed by atoms with E-state index in [1.54, 1.807) is 11.8 Å². The Morgan fingerprint density at radius 3 is 2.39 bits per heavy atom. The molecule has 0 fully saturated rings. The zero-order valence-electron chi connectivity index (χ0n) is 17.5. The molecule has 31 heavy (non-hydrogen) atoms. The van der Waals surface area contributed by atoms with Gasteiger partial charge in [0.2, 0.25) is 0 Å². The Morgan fingerprint density at radius 2 is 1.71 bits per heavy atom. The Labute approximate surface area is 184 Å². The van der Waals surface area contributed by atoms with Crippen LogP contribution in [0.5, 0.6) is 5.75 Å². The van der Waals surface area contributed by atoms with Crippen LogP contribution in [-0.2, 0) is 5.41 Å². The van der Waals surface area contributed by atoms with Crippen LogP contribution in [0, 0.1) is 0 Å². The summed E-state index contributed by atoms with van der Waals surface area (Å²) in [4.78, 5) is 15.2. The van der Waals surface area contributed by atoms with Crippen LogP contribution in [0.4, 0.5) is 0 Å². The van der Waals surface area contributed by atoms with E-state index in [1.165, 1.54) is 16.9 Å². The SMILES string of the molecule is CCC(C)(C)c1cc(C(=O)O)cc(-n2nc3ccc(Sc4ccccc4)cc3n2)c1O. The predicted octanol–water partition coefficient (Wildman–Crippen LogP) is 5.66. The zero-order valence-corrected chi connectivity index (χ0v) is 18.3. The van der Waals surface area contributed by atoms with E-state index in [0.29, 0.717) is 16.6 Å². The number of fused-ring (bicyclic) bond motifs is 1. The highest BCUT2D eigenvalue weighted by Gasteiger charge is 2.27. The average Bonchev–Trinajstić information content (AvgIpc) is 3.17. The van der Waals surface area contributed by atoms with E-state index in [9.17, 15) is 15.0 Å². The van der Waals surface area contributed by atoms with Gasteiger partial charge in [-0.05, 0) is 54.3 Å². The van der Waals surface area contributed by atoms with E-state index in [4.69, 9.17) is 0 Å². The van der Waals surface area contributed by atoms with Crippen LogP contribution in [0.15, 0.2) is 70.5 Å². The standard InChI is InChI=1S/C24H23N3O3S/c1-4-24(2,3)18-12-15(23(29)30)13-21(22(18)28)27-25-19-11-10-17(14-20(19)26-27)31-16-8-6-5-7-9-16/h5-14,28H,4H2,1-3H3,(H,29,30). The number of carboxylic acid groups (broad SMARTS) is 1. The summed E-state index contributed by atoms with van der Waals surface area (Å²) in [5.74, 6) is -1.07. The molecule has 1 aromatic heterocycles. The number of carbonyl (C=O) groups is 1. The third kappa shape index (κ3) is 4.14. The molecule has 0 spiro atoms.